The van der Waals surface area contributed by atoms with E-state index in [1.54, 1.807) is 36.5 Å². The van der Waals surface area contributed by atoms with E-state index in [2.05, 4.69) is 27.8 Å². The van der Waals surface area contributed by atoms with Crippen molar-refractivity contribution in [3.63, 3.8) is 0 Å². The van der Waals surface area contributed by atoms with Gasteiger partial charge in [-0.05, 0) is 43.2 Å². The maximum atomic E-state index is 12.5. The van der Waals surface area contributed by atoms with Crippen molar-refractivity contribution in [2.75, 3.05) is 17.2 Å². The van der Waals surface area contributed by atoms with Gasteiger partial charge in [0.15, 0.2) is 5.78 Å². The van der Waals surface area contributed by atoms with Crippen LogP contribution >= 0.6 is 0 Å². The lowest BCUT2D eigenvalue weighted by atomic mass is 10.1. The molecule has 27 heavy (non-hydrogen) atoms. The fourth-order valence-corrected chi connectivity index (χ4v) is 2.67. The zero-order valence-electron chi connectivity index (χ0n) is 15.1. The van der Waals surface area contributed by atoms with Gasteiger partial charge in [-0.25, -0.2) is 0 Å². The predicted molar refractivity (Wildman–Crippen MR) is 107 cm³/mol. The van der Waals surface area contributed by atoms with Crippen LogP contribution in [0.3, 0.4) is 0 Å². The lowest BCUT2D eigenvalue weighted by molar-refractivity contribution is 0.100. The maximum absolute atomic E-state index is 12.5. The third-order valence-corrected chi connectivity index (χ3v) is 4.11. The number of benzene rings is 2. The summed E-state index contributed by atoms with van der Waals surface area (Å²) in [5.41, 5.74) is 3.52. The summed E-state index contributed by atoms with van der Waals surface area (Å²) < 4.78 is 0. The monoisotopic (exact) mass is 359 g/mol. The zero-order chi connectivity index (χ0) is 19.1. The van der Waals surface area contributed by atoms with Crippen LogP contribution in [0.25, 0.3) is 0 Å². The van der Waals surface area contributed by atoms with Gasteiger partial charge < -0.3 is 10.6 Å². The van der Waals surface area contributed by atoms with E-state index in [0.717, 1.165) is 18.7 Å². The molecule has 0 bridgehead atoms. The summed E-state index contributed by atoms with van der Waals surface area (Å²) in [6.07, 6.45) is 2.49. The highest BCUT2D eigenvalue weighted by Crippen LogP contribution is 2.14. The summed E-state index contributed by atoms with van der Waals surface area (Å²) >= 11 is 0. The average Bonchev–Trinajstić information content (AvgIpc) is 2.69. The highest BCUT2D eigenvalue weighted by molar-refractivity contribution is 6.04. The first-order valence-corrected chi connectivity index (χ1v) is 8.78. The van der Waals surface area contributed by atoms with Gasteiger partial charge in [-0.3, -0.25) is 14.6 Å². The summed E-state index contributed by atoms with van der Waals surface area (Å²) in [4.78, 5) is 28.1. The Morgan fingerprint density at radius 3 is 2.52 bits per heavy atom. The molecular weight excluding hydrogens is 338 g/mol. The number of rotatable bonds is 7. The van der Waals surface area contributed by atoms with Crippen LogP contribution in [0.15, 0.2) is 72.9 Å². The molecule has 0 spiro atoms. The molecule has 1 amide bonds. The van der Waals surface area contributed by atoms with Gasteiger partial charge in [0.05, 0.1) is 0 Å². The Bertz CT molecular complexity index is 939. The van der Waals surface area contributed by atoms with Gasteiger partial charge >= 0.3 is 0 Å². The van der Waals surface area contributed by atoms with Gasteiger partial charge in [-0.2, -0.15) is 0 Å². The second kappa shape index (κ2) is 8.76. The third-order valence-electron chi connectivity index (χ3n) is 4.11. The molecule has 0 aliphatic heterocycles. The Labute approximate surface area is 158 Å². The number of anilines is 2. The number of ketones is 1. The standard InChI is InChI=1S/C22H21N3O2/c1-16(26)18-8-5-9-20(14-18)25-22(27)21-15-19(11-13-24-21)23-12-10-17-6-3-2-4-7-17/h2-9,11,13-15H,10,12H2,1H3,(H,23,24)(H,25,27). The molecule has 2 aromatic carbocycles. The normalized spacial score (nSPS) is 10.3. The third kappa shape index (κ3) is 5.25. The Hall–Kier alpha value is -3.47. The smallest absolute Gasteiger partial charge is 0.274 e. The average molecular weight is 359 g/mol. The maximum Gasteiger partial charge on any atom is 0.274 e. The molecule has 0 unspecified atom stereocenters. The van der Waals surface area contributed by atoms with Crippen LogP contribution in [0.5, 0.6) is 0 Å². The number of carbonyl (C=O) groups excluding carboxylic acids is 2. The van der Waals surface area contributed by atoms with Crippen LogP contribution in [0, 0.1) is 0 Å². The molecule has 1 heterocycles. The highest BCUT2D eigenvalue weighted by Gasteiger charge is 2.09. The Morgan fingerprint density at radius 1 is 0.926 bits per heavy atom. The summed E-state index contributed by atoms with van der Waals surface area (Å²) in [5.74, 6) is -0.365. The minimum atomic E-state index is -0.317. The number of amides is 1. The molecule has 3 aromatic rings. The van der Waals surface area contributed by atoms with Crippen molar-refractivity contribution in [2.45, 2.75) is 13.3 Å². The van der Waals surface area contributed by atoms with Crippen molar-refractivity contribution < 1.29 is 9.59 Å². The minimum absolute atomic E-state index is 0.0474. The van der Waals surface area contributed by atoms with E-state index in [-0.39, 0.29) is 11.7 Å². The van der Waals surface area contributed by atoms with E-state index in [9.17, 15) is 9.59 Å². The molecular formula is C22H21N3O2. The second-order valence-electron chi connectivity index (χ2n) is 6.18. The molecule has 0 radical (unpaired) electrons. The van der Waals surface area contributed by atoms with Crippen LogP contribution in [0.4, 0.5) is 11.4 Å². The largest absolute Gasteiger partial charge is 0.385 e. The highest BCUT2D eigenvalue weighted by atomic mass is 16.2. The minimum Gasteiger partial charge on any atom is -0.385 e. The van der Waals surface area contributed by atoms with Crippen LogP contribution in [-0.2, 0) is 6.42 Å². The SMILES string of the molecule is CC(=O)c1cccc(NC(=O)c2cc(NCCc3ccccc3)ccn2)c1. The van der Waals surface area contributed by atoms with Crippen molar-refractivity contribution in [1.29, 1.82) is 0 Å². The molecule has 3 rings (SSSR count). The fraction of sp³-hybridized carbons (Fsp3) is 0.136. The quantitative estimate of drug-likeness (QED) is 0.621. The first kappa shape index (κ1) is 18.3. The Balaban J connectivity index is 1.61. The molecule has 2 N–H and O–H groups in total. The van der Waals surface area contributed by atoms with E-state index in [1.807, 2.05) is 24.3 Å². The first-order valence-electron chi connectivity index (χ1n) is 8.78. The number of hydrogen-bond acceptors (Lipinski definition) is 4. The van der Waals surface area contributed by atoms with Crippen molar-refractivity contribution in [3.05, 3.63) is 89.7 Å². The van der Waals surface area contributed by atoms with E-state index < -0.39 is 0 Å². The molecule has 0 saturated carbocycles. The zero-order valence-corrected chi connectivity index (χ0v) is 15.1. The van der Waals surface area contributed by atoms with Crippen LogP contribution in [0.2, 0.25) is 0 Å². The Kier molecular flexibility index (Phi) is 5.94. The number of Topliss-reactive ketones (excluding diaryl/α,β-unsaturated/α-hetero) is 1. The Morgan fingerprint density at radius 2 is 1.74 bits per heavy atom. The van der Waals surface area contributed by atoms with Gasteiger partial charge in [0.1, 0.15) is 5.69 Å². The fourth-order valence-electron chi connectivity index (χ4n) is 2.67. The molecule has 0 atom stereocenters. The number of pyridine rings is 1. The van der Waals surface area contributed by atoms with Crippen molar-refractivity contribution >= 4 is 23.1 Å². The molecule has 0 aliphatic carbocycles. The topological polar surface area (TPSA) is 71.1 Å². The van der Waals surface area contributed by atoms with Gasteiger partial charge in [0.25, 0.3) is 5.91 Å². The van der Waals surface area contributed by atoms with E-state index in [0.29, 0.717) is 16.9 Å². The molecule has 5 nitrogen and oxygen atoms in total. The molecule has 0 fully saturated rings. The summed E-state index contributed by atoms with van der Waals surface area (Å²) in [6.45, 7) is 2.25. The van der Waals surface area contributed by atoms with Crippen molar-refractivity contribution in [3.8, 4) is 0 Å². The van der Waals surface area contributed by atoms with Gasteiger partial charge in [0, 0.05) is 29.7 Å². The van der Waals surface area contributed by atoms with Gasteiger partial charge in [-0.1, -0.05) is 42.5 Å². The van der Waals surface area contributed by atoms with Crippen LogP contribution < -0.4 is 10.6 Å². The molecule has 0 saturated heterocycles. The van der Waals surface area contributed by atoms with E-state index in [1.165, 1.54) is 12.5 Å². The summed E-state index contributed by atoms with van der Waals surface area (Å²) in [7, 11) is 0. The van der Waals surface area contributed by atoms with Crippen molar-refractivity contribution in [2.24, 2.45) is 0 Å². The molecule has 5 heteroatoms. The van der Waals surface area contributed by atoms with Crippen LogP contribution in [-0.4, -0.2) is 23.2 Å². The van der Waals surface area contributed by atoms with Crippen molar-refractivity contribution in [1.82, 2.24) is 4.98 Å². The number of aromatic nitrogens is 1. The molecule has 0 aliphatic rings. The number of nitrogens with one attached hydrogen (secondary N) is 2. The summed E-state index contributed by atoms with van der Waals surface area (Å²) in [6, 6.07) is 20.6. The molecule has 136 valence electrons. The number of carbonyl (C=O) groups is 2. The van der Waals surface area contributed by atoms with Crippen LogP contribution in [0.1, 0.15) is 33.3 Å². The van der Waals surface area contributed by atoms with Gasteiger partial charge in [0.2, 0.25) is 0 Å². The molecule has 1 aromatic heterocycles. The lowest BCUT2D eigenvalue weighted by Gasteiger charge is -2.09. The summed E-state index contributed by atoms with van der Waals surface area (Å²) in [5, 5.41) is 6.09. The first-order chi connectivity index (χ1) is 13.1. The van der Waals surface area contributed by atoms with E-state index in [4.69, 9.17) is 0 Å². The van der Waals surface area contributed by atoms with Gasteiger partial charge in [-0.15, -0.1) is 0 Å². The number of nitrogens with zero attached hydrogens (tertiary/aromatic N) is 1. The number of hydrogen-bond donors (Lipinski definition) is 2. The van der Waals surface area contributed by atoms with E-state index >= 15 is 0 Å². The lowest BCUT2D eigenvalue weighted by Crippen LogP contribution is -2.14. The second-order valence-corrected chi connectivity index (χ2v) is 6.18. The predicted octanol–water partition coefficient (Wildman–Crippen LogP) is 4.19.